The van der Waals surface area contributed by atoms with Gasteiger partial charge in [-0.15, -0.1) is 0 Å². The number of rotatable bonds is 10. The maximum absolute atomic E-state index is 12.4. The number of anilines is 1. The van der Waals surface area contributed by atoms with Crippen molar-refractivity contribution in [3.8, 4) is 11.3 Å². The number of furan rings is 1. The van der Waals surface area contributed by atoms with Gasteiger partial charge >= 0.3 is 0 Å². The molecule has 7 nitrogen and oxygen atoms in total. The van der Waals surface area contributed by atoms with Crippen LogP contribution in [0.3, 0.4) is 0 Å². The molecule has 0 spiro atoms. The Morgan fingerprint density at radius 3 is 2.53 bits per heavy atom. The molecule has 1 aromatic carbocycles. The van der Waals surface area contributed by atoms with E-state index < -0.39 is 0 Å². The normalized spacial score (nSPS) is 10.8. The number of carbonyl (C=O) groups is 1. The maximum atomic E-state index is 12.4. The Morgan fingerprint density at radius 2 is 1.79 bits per heavy atom. The average molecular weight is 474 g/mol. The number of benzene rings is 1. The Hall–Kier alpha value is -3.65. The van der Waals surface area contributed by atoms with E-state index >= 15 is 0 Å². The topological polar surface area (TPSA) is 84.2 Å². The fraction of sp³-hybridized carbons (Fsp3) is 0.231. The van der Waals surface area contributed by atoms with Crippen molar-refractivity contribution in [2.45, 2.75) is 31.3 Å². The number of hydrogen-bond acceptors (Lipinski definition) is 7. The Balaban J connectivity index is 1.45. The van der Waals surface area contributed by atoms with Gasteiger partial charge in [-0.3, -0.25) is 9.78 Å². The minimum Gasteiger partial charge on any atom is -0.455 e. The molecule has 0 aliphatic heterocycles. The van der Waals surface area contributed by atoms with E-state index in [4.69, 9.17) is 14.4 Å². The van der Waals surface area contributed by atoms with Crippen LogP contribution in [0.4, 0.5) is 5.82 Å². The molecule has 34 heavy (non-hydrogen) atoms. The standard InChI is InChI=1S/C26H27N5O2S/c1-3-31(4-2)24-16-22(19-10-6-5-7-11-19)29-26(30-24)34-18-21-13-14-23(33-21)25(32)28-17-20-12-8-9-15-27-20/h5-16H,3-4,17-18H2,1-2H3,(H,28,32). The lowest BCUT2D eigenvalue weighted by Crippen LogP contribution is -2.23. The first-order chi connectivity index (χ1) is 16.7. The van der Waals surface area contributed by atoms with Crippen LogP contribution in [0.5, 0.6) is 0 Å². The quantitative estimate of drug-likeness (QED) is 0.250. The summed E-state index contributed by atoms with van der Waals surface area (Å²) in [5, 5.41) is 3.50. The molecule has 1 amide bonds. The zero-order chi connectivity index (χ0) is 23.8. The van der Waals surface area contributed by atoms with Crippen LogP contribution in [0.25, 0.3) is 11.3 Å². The number of nitrogens with zero attached hydrogens (tertiary/aromatic N) is 4. The largest absolute Gasteiger partial charge is 0.455 e. The van der Waals surface area contributed by atoms with Gasteiger partial charge in [-0.05, 0) is 38.1 Å². The van der Waals surface area contributed by atoms with Gasteiger partial charge in [0.2, 0.25) is 0 Å². The summed E-state index contributed by atoms with van der Waals surface area (Å²) in [6, 6.07) is 21.2. The van der Waals surface area contributed by atoms with Crippen LogP contribution >= 0.6 is 11.8 Å². The smallest absolute Gasteiger partial charge is 0.287 e. The SMILES string of the molecule is CCN(CC)c1cc(-c2ccccc2)nc(SCc2ccc(C(=O)NCc3ccccn3)o2)n1. The molecule has 8 heteroatoms. The predicted molar refractivity (Wildman–Crippen MR) is 135 cm³/mol. The number of pyridine rings is 1. The summed E-state index contributed by atoms with van der Waals surface area (Å²) in [5.41, 5.74) is 2.72. The number of amides is 1. The molecule has 0 atom stereocenters. The molecule has 4 rings (SSSR count). The first-order valence-corrected chi connectivity index (χ1v) is 12.2. The van der Waals surface area contributed by atoms with Gasteiger partial charge in [0.05, 0.1) is 23.7 Å². The van der Waals surface area contributed by atoms with E-state index in [1.807, 2.05) is 60.7 Å². The molecule has 0 unspecified atom stereocenters. The third-order valence-corrected chi connectivity index (χ3v) is 6.10. The second kappa shape index (κ2) is 11.5. The lowest BCUT2D eigenvalue weighted by Gasteiger charge is -2.20. The molecule has 0 aliphatic rings. The maximum Gasteiger partial charge on any atom is 0.287 e. The van der Waals surface area contributed by atoms with Crippen molar-refractivity contribution in [2.24, 2.45) is 0 Å². The molecule has 174 valence electrons. The van der Waals surface area contributed by atoms with Gasteiger partial charge in [0.1, 0.15) is 11.6 Å². The van der Waals surface area contributed by atoms with Gasteiger partial charge in [-0.2, -0.15) is 0 Å². The van der Waals surface area contributed by atoms with Crippen LogP contribution in [-0.4, -0.2) is 33.9 Å². The van der Waals surface area contributed by atoms with E-state index in [-0.39, 0.29) is 11.7 Å². The number of hydrogen-bond donors (Lipinski definition) is 1. The molecule has 3 aromatic heterocycles. The van der Waals surface area contributed by atoms with E-state index in [0.29, 0.717) is 23.2 Å². The zero-order valence-electron chi connectivity index (χ0n) is 19.3. The first-order valence-electron chi connectivity index (χ1n) is 11.2. The van der Waals surface area contributed by atoms with Crippen LogP contribution in [0.1, 0.15) is 35.9 Å². The summed E-state index contributed by atoms with van der Waals surface area (Å²) in [4.78, 5) is 28.4. The summed E-state index contributed by atoms with van der Waals surface area (Å²) in [6.07, 6.45) is 1.70. The Morgan fingerprint density at radius 1 is 1.00 bits per heavy atom. The Labute approximate surface area is 203 Å². The Kier molecular flexibility index (Phi) is 7.93. The molecule has 0 bridgehead atoms. The zero-order valence-corrected chi connectivity index (χ0v) is 20.1. The van der Waals surface area contributed by atoms with Gasteiger partial charge in [0.25, 0.3) is 5.91 Å². The fourth-order valence-corrected chi connectivity index (χ4v) is 4.17. The van der Waals surface area contributed by atoms with Crippen LogP contribution in [0.2, 0.25) is 0 Å². The third-order valence-electron chi connectivity index (χ3n) is 5.23. The van der Waals surface area contributed by atoms with Crippen molar-refractivity contribution >= 4 is 23.5 Å². The van der Waals surface area contributed by atoms with Crippen LogP contribution in [0, 0.1) is 0 Å². The number of nitrogens with one attached hydrogen (secondary N) is 1. The summed E-state index contributed by atoms with van der Waals surface area (Å²) >= 11 is 1.49. The summed E-state index contributed by atoms with van der Waals surface area (Å²) in [6.45, 7) is 6.30. The molecular weight excluding hydrogens is 446 g/mol. The lowest BCUT2D eigenvalue weighted by atomic mass is 10.1. The van der Waals surface area contributed by atoms with E-state index in [1.54, 1.807) is 12.3 Å². The summed E-state index contributed by atoms with van der Waals surface area (Å²) < 4.78 is 5.77. The van der Waals surface area contributed by atoms with Gasteiger partial charge in [-0.25, -0.2) is 9.97 Å². The van der Waals surface area contributed by atoms with Crippen molar-refractivity contribution in [3.63, 3.8) is 0 Å². The number of carbonyl (C=O) groups excluding carboxylic acids is 1. The van der Waals surface area contributed by atoms with E-state index in [1.165, 1.54) is 11.8 Å². The second-order valence-corrected chi connectivity index (χ2v) is 8.43. The Bertz CT molecular complexity index is 1210. The molecule has 0 saturated heterocycles. The van der Waals surface area contributed by atoms with Crippen molar-refractivity contribution in [2.75, 3.05) is 18.0 Å². The molecule has 0 saturated carbocycles. The van der Waals surface area contributed by atoms with Crippen molar-refractivity contribution in [1.29, 1.82) is 0 Å². The van der Waals surface area contributed by atoms with Crippen molar-refractivity contribution < 1.29 is 9.21 Å². The molecule has 0 radical (unpaired) electrons. The van der Waals surface area contributed by atoms with E-state index in [2.05, 4.69) is 29.0 Å². The highest BCUT2D eigenvalue weighted by Crippen LogP contribution is 2.28. The second-order valence-electron chi connectivity index (χ2n) is 7.49. The average Bonchev–Trinajstić information content (AvgIpc) is 3.37. The predicted octanol–water partition coefficient (Wildman–Crippen LogP) is 5.20. The van der Waals surface area contributed by atoms with Crippen molar-refractivity contribution in [3.05, 3.63) is 90.1 Å². The summed E-state index contributed by atoms with van der Waals surface area (Å²) in [5.74, 6) is 2.10. The highest BCUT2D eigenvalue weighted by atomic mass is 32.2. The van der Waals surface area contributed by atoms with Crippen molar-refractivity contribution in [1.82, 2.24) is 20.3 Å². The highest BCUT2D eigenvalue weighted by Gasteiger charge is 2.14. The van der Waals surface area contributed by atoms with Gasteiger partial charge in [-0.1, -0.05) is 48.2 Å². The molecular formula is C26H27N5O2S. The van der Waals surface area contributed by atoms with E-state index in [0.717, 1.165) is 35.9 Å². The van der Waals surface area contributed by atoms with Crippen LogP contribution in [-0.2, 0) is 12.3 Å². The fourth-order valence-electron chi connectivity index (χ4n) is 3.42. The van der Waals surface area contributed by atoms with Crippen LogP contribution in [0.15, 0.2) is 82.5 Å². The molecule has 0 fully saturated rings. The number of thioether (sulfide) groups is 1. The van der Waals surface area contributed by atoms with Gasteiger partial charge in [0, 0.05) is 30.9 Å². The molecule has 1 N–H and O–H groups in total. The van der Waals surface area contributed by atoms with Crippen LogP contribution < -0.4 is 10.2 Å². The number of aromatic nitrogens is 3. The minimum absolute atomic E-state index is 0.270. The monoisotopic (exact) mass is 473 g/mol. The lowest BCUT2D eigenvalue weighted by molar-refractivity contribution is 0.0921. The third kappa shape index (κ3) is 6.02. The molecule has 3 heterocycles. The van der Waals surface area contributed by atoms with Gasteiger partial charge < -0.3 is 14.6 Å². The molecule has 4 aromatic rings. The van der Waals surface area contributed by atoms with Gasteiger partial charge in [0.15, 0.2) is 10.9 Å². The minimum atomic E-state index is -0.270. The molecule has 0 aliphatic carbocycles. The first kappa shape index (κ1) is 23.5. The highest BCUT2D eigenvalue weighted by molar-refractivity contribution is 7.98. The van der Waals surface area contributed by atoms with E-state index in [9.17, 15) is 4.79 Å². The summed E-state index contributed by atoms with van der Waals surface area (Å²) in [7, 11) is 0.